The van der Waals surface area contributed by atoms with Crippen LogP contribution in [0.2, 0.25) is 0 Å². The summed E-state index contributed by atoms with van der Waals surface area (Å²) in [5, 5.41) is 13.4. The highest BCUT2D eigenvalue weighted by molar-refractivity contribution is 5.80. The van der Waals surface area contributed by atoms with Crippen molar-refractivity contribution in [1.82, 2.24) is 9.97 Å². The Morgan fingerprint density at radius 3 is 2.19 bits per heavy atom. The molecule has 0 atom stereocenters. The number of methoxy groups -OCH3 is 2. The van der Waals surface area contributed by atoms with E-state index in [1.54, 1.807) is 26.5 Å². The third-order valence-corrected chi connectivity index (χ3v) is 3.72. The number of rotatable bonds is 6. The molecule has 1 aromatic heterocycles. The number of ether oxygens (including phenoxy) is 2. The lowest BCUT2D eigenvalue weighted by molar-refractivity contribution is 0.414. The first-order valence-corrected chi connectivity index (χ1v) is 8.08. The Hall–Kier alpha value is -3.92. The highest BCUT2D eigenvalue weighted by Crippen LogP contribution is 2.22. The van der Waals surface area contributed by atoms with Gasteiger partial charge in [-0.15, -0.1) is 0 Å². The van der Waals surface area contributed by atoms with Gasteiger partial charge in [-0.25, -0.2) is 15.4 Å². The number of anilines is 1. The summed E-state index contributed by atoms with van der Waals surface area (Å²) in [5.41, 5.74) is 5.36. The van der Waals surface area contributed by atoms with Gasteiger partial charge >= 0.3 is 0 Å². The van der Waals surface area contributed by atoms with Crippen LogP contribution in [0, 0.1) is 11.3 Å². The van der Waals surface area contributed by atoms with Crippen LogP contribution < -0.4 is 14.9 Å². The molecule has 27 heavy (non-hydrogen) atoms. The van der Waals surface area contributed by atoms with E-state index in [4.69, 9.17) is 9.47 Å². The van der Waals surface area contributed by atoms with E-state index in [1.807, 2.05) is 54.6 Å². The molecule has 0 spiro atoms. The van der Waals surface area contributed by atoms with Crippen LogP contribution in [0.25, 0.3) is 11.3 Å². The molecular formula is C20H17N5O2. The minimum Gasteiger partial charge on any atom is -0.497 e. The number of nitrogens with one attached hydrogen (secondary N) is 1. The second-order valence-corrected chi connectivity index (χ2v) is 5.45. The Labute approximate surface area is 156 Å². The topological polar surface area (TPSA) is 92.4 Å². The summed E-state index contributed by atoms with van der Waals surface area (Å²) in [7, 11) is 3.22. The zero-order valence-electron chi connectivity index (χ0n) is 14.9. The number of benzene rings is 2. The van der Waals surface area contributed by atoms with Crippen molar-refractivity contribution in [2.24, 2.45) is 5.10 Å². The maximum absolute atomic E-state index is 9.23. The molecule has 2 aromatic carbocycles. The van der Waals surface area contributed by atoms with Gasteiger partial charge in [0, 0.05) is 11.6 Å². The molecule has 0 aliphatic heterocycles. The van der Waals surface area contributed by atoms with E-state index in [0.717, 1.165) is 22.6 Å². The number of hydrogen-bond donors (Lipinski definition) is 1. The summed E-state index contributed by atoms with van der Waals surface area (Å²) in [6.07, 6.45) is 1.63. The molecule has 7 heteroatoms. The first-order valence-electron chi connectivity index (χ1n) is 8.08. The third kappa shape index (κ3) is 4.58. The summed E-state index contributed by atoms with van der Waals surface area (Å²) in [4.78, 5) is 8.55. The summed E-state index contributed by atoms with van der Waals surface area (Å²) in [5.74, 6) is 1.76. The van der Waals surface area contributed by atoms with Crippen molar-refractivity contribution < 1.29 is 9.47 Å². The molecule has 0 fully saturated rings. The lowest BCUT2D eigenvalue weighted by Gasteiger charge is -2.06. The molecule has 3 aromatic rings. The van der Waals surface area contributed by atoms with Crippen molar-refractivity contribution in [1.29, 1.82) is 5.26 Å². The predicted molar refractivity (Wildman–Crippen MR) is 103 cm³/mol. The van der Waals surface area contributed by atoms with E-state index in [1.165, 1.54) is 0 Å². The summed E-state index contributed by atoms with van der Waals surface area (Å²) < 4.78 is 10.3. The number of nitrogens with zero attached hydrogens (tertiary/aromatic N) is 4. The van der Waals surface area contributed by atoms with E-state index in [-0.39, 0.29) is 11.6 Å². The zero-order valence-corrected chi connectivity index (χ0v) is 14.9. The predicted octanol–water partition coefficient (Wildman–Crippen LogP) is 3.48. The van der Waals surface area contributed by atoms with Crippen LogP contribution in [-0.4, -0.2) is 30.4 Å². The van der Waals surface area contributed by atoms with Gasteiger partial charge in [-0.1, -0.05) is 0 Å². The maximum atomic E-state index is 9.23. The average Bonchev–Trinajstić information content (AvgIpc) is 2.74. The van der Waals surface area contributed by atoms with E-state index in [2.05, 4.69) is 20.5 Å². The number of nitriles is 1. The molecule has 0 saturated carbocycles. The second kappa shape index (κ2) is 8.45. The molecule has 0 radical (unpaired) electrons. The molecule has 0 aliphatic rings. The summed E-state index contributed by atoms with van der Waals surface area (Å²) >= 11 is 0. The van der Waals surface area contributed by atoms with Crippen LogP contribution in [0.15, 0.2) is 59.7 Å². The molecule has 0 amide bonds. The van der Waals surface area contributed by atoms with E-state index in [9.17, 15) is 5.26 Å². The highest BCUT2D eigenvalue weighted by Gasteiger charge is 2.06. The molecule has 0 aliphatic carbocycles. The first kappa shape index (κ1) is 17.9. The highest BCUT2D eigenvalue weighted by atomic mass is 16.5. The van der Waals surface area contributed by atoms with E-state index < -0.39 is 0 Å². The third-order valence-electron chi connectivity index (χ3n) is 3.72. The Balaban J connectivity index is 1.80. The monoisotopic (exact) mass is 359 g/mol. The lowest BCUT2D eigenvalue weighted by atomic mass is 10.1. The van der Waals surface area contributed by atoms with Crippen molar-refractivity contribution in [2.45, 2.75) is 0 Å². The summed E-state index contributed by atoms with van der Waals surface area (Å²) in [6.45, 7) is 0. The maximum Gasteiger partial charge on any atom is 0.245 e. The van der Waals surface area contributed by atoms with Gasteiger partial charge in [0.15, 0.2) is 0 Å². The van der Waals surface area contributed by atoms with Crippen molar-refractivity contribution in [3.8, 4) is 28.8 Å². The van der Waals surface area contributed by atoms with Crippen LogP contribution in [0.4, 0.5) is 5.95 Å². The van der Waals surface area contributed by atoms with Crippen LogP contribution >= 0.6 is 0 Å². The van der Waals surface area contributed by atoms with Crippen molar-refractivity contribution >= 4 is 12.2 Å². The van der Waals surface area contributed by atoms with E-state index in [0.29, 0.717) is 5.69 Å². The fraction of sp³-hybridized carbons (Fsp3) is 0.100. The van der Waals surface area contributed by atoms with Gasteiger partial charge in [-0.2, -0.15) is 10.4 Å². The Bertz CT molecular complexity index is 977. The fourth-order valence-corrected chi connectivity index (χ4v) is 2.32. The molecule has 1 N–H and O–H groups in total. The zero-order chi connectivity index (χ0) is 19.1. The number of hydrogen-bond acceptors (Lipinski definition) is 7. The molecular weight excluding hydrogens is 342 g/mol. The van der Waals surface area contributed by atoms with Crippen LogP contribution in [0.1, 0.15) is 11.3 Å². The smallest absolute Gasteiger partial charge is 0.245 e. The minimum absolute atomic E-state index is 0.240. The largest absolute Gasteiger partial charge is 0.497 e. The normalized spacial score (nSPS) is 10.4. The lowest BCUT2D eigenvalue weighted by Crippen LogP contribution is -2.00. The van der Waals surface area contributed by atoms with Gasteiger partial charge in [-0.3, -0.25) is 0 Å². The average molecular weight is 359 g/mol. The Kier molecular flexibility index (Phi) is 5.60. The van der Waals surface area contributed by atoms with Crippen LogP contribution in [-0.2, 0) is 0 Å². The van der Waals surface area contributed by atoms with Gasteiger partial charge in [0.05, 0.1) is 26.1 Å². The van der Waals surface area contributed by atoms with Crippen LogP contribution in [0.5, 0.6) is 11.5 Å². The minimum atomic E-state index is 0.240. The molecule has 134 valence electrons. The second-order valence-electron chi connectivity index (χ2n) is 5.45. The SMILES string of the molecule is COc1ccc(/C=N\Nc2nc(C#N)cc(-c3ccc(OC)cc3)n2)cc1. The van der Waals surface area contributed by atoms with Crippen molar-refractivity contribution in [2.75, 3.05) is 19.6 Å². The van der Waals surface area contributed by atoms with Gasteiger partial charge in [-0.05, 0) is 54.1 Å². The van der Waals surface area contributed by atoms with Gasteiger partial charge < -0.3 is 9.47 Å². The molecule has 1 heterocycles. The fourth-order valence-electron chi connectivity index (χ4n) is 2.32. The summed E-state index contributed by atoms with van der Waals surface area (Å²) in [6, 6.07) is 18.5. The number of hydrazone groups is 1. The van der Waals surface area contributed by atoms with Crippen LogP contribution in [0.3, 0.4) is 0 Å². The van der Waals surface area contributed by atoms with Crippen molar-refractivity contribution in [3.05, 3.63) is 65.9 Å². The Morgan fingerprint density at radius 1 is 0.963 bits per heavy atom. The Morgan fingerprint density at radius 2 is 1.59 bits per heavy atom. The standard InChI is InChI=1S/C20H17N5O2/c1-26-17-7-3-14(4-8-17)13-22-25-20-23-16(12-21)11-19(24-20)15-5-9-18(27-2)10-6-15/h3-11,13H,1-2H3,(H,23,24,25)/b22-13-. The van der Waals surface area contributed by atoms with Gasteiger partial charge in [0.25, 0.3) is 0 Å². The molecule has 0 unspecified atom stereocenters. The van der Waals surface area contributed by atoms with E-state index >= 15 is 0 Å². The van der Waals surface area contributed by atoms with Gasteiger partial charge in [0.1, 0.15) is 23.3 Å². The van der Waals surface area contributed by atoms with Gasteiger partial charge in [0.2, 0.25) is 5.95 Å². The molecule has 7 nitrogen and oxygen atoms in total. The first-order chi connectivity index (χ1) is 13.2. The molecule has 3 rings (SSSR count). The quantitative estimate of drug-likeness (QED) is 0.535. The molecule has 0 bridgehead atoms. The molecule has 0 saturated heterocycles. The van der Waals surface area contributed by atoms with Crippen molar-refractivity contribution in [3.63, 3.8) is 0 Å². The number of aromatic nitrogens is 2.